The Labute approximate surface area is 96.9 Å². The van der Waals surface area contributed by atoms with E-state index in [4.69, 9.17) is 26.5 Å². The number of benzene rings is 1. The van der Waals surface area contributed by atoms with Crippen molar-refractivity contribution in [2.24, 2.45) is 0 Å². The maximum absolute atomic E-state index is 11.6. The summed E-state index contributed by atoms with van der Waals surface area (Å²) < 4.78 is 10.1. The Morgan fingerprint density at radius 2 is 2.38 bits per heavy atom. The zero-order valence-electron chi connectivity index (χ0n) is 8.62. The van der Waals surface area contributed by atoms with Crippen molar-refractivity contribution >= 4 is 34.2 Å². The molecule has 4 nitrogen and oxygen atoms in total. The van der Waals surface area contributed by atoms with Gasteiger partial charge in [0.1, 0.15) is 0 Å². The molecule has 0 saturated carbocycles. The van der Waals surface area contributed by atoms with Gasteiger partial charge in [-0.05, 0) is 19.1 Å². The Hall–Kier alpha value is -1.68. The summed E-state index contributed by atoms with van der Waals surface area (Å²) in [5.74, 6) is -0.500. The molecule has 5 heteroatoms. The lowest BCUT2D eigenvalue weighted by molar-refractivity contribution is 0.0527. The number of fused-ring (bicyclic) bond motifs is 1. The summed E-state index contributed by atoms with van der Waals surface area (Å²) in [6.45, 7) is 2.01. The van der Waals surface area contributed by atoms with Crippen LogP contribution in [0.4, 0.5) is 5.69 Å². The normalized spacial score (nSPS) is 10.6. The van der Waals surface area contributed by atoms with E-state index in [0.29, 0.717) is 16.0 Å². The maximum atomic E-state index is 11.6. The van der Waals surface area contributed by atoms with E-state index < -0.39 is 5.97 Å². The van der Waals surface area contributed by atoms with E-state index in [0.717, 1.165) is 0 Å². The molecule has 1 aromatic carbocycles. The third-order valence-electron chi connectivity index (χ3n) is 2.22. The van der Waals surface area contributed by atoms with Crippen molar-refractivity contribution in [1.29, 1.82) is 0 Å². The number of rotatable bonds is 2. The molecule has 2 rings (SSSR count). The zero-order valence-corrected chi connectivity index (χ0v) is 9.38. The first-order valence-electron chi connectivity index (χ1n) is 4.77. The van der Waals surface area contributed by atoms with Crippen molar-refractivity contribution < 1.29 is 13.9 Å². The van der Waals surface area contributed by atoms with Gasteiger partial charge in [-0.1, -0.05) is 11.6 Å². The number of esters is 1. The summed E-state index contributed by atoms with van der Waals surface area (Å²) in [4.78, 5) is 11.6. The molecular weight excluding hydrogens is 230 g/mol. The van der Waals surface area contributed by atoms with Gasteiger partial charge in [-0.2, -0.15) is 0 Å². The highest BCUT2D eigenvalue weighted by Crippen LogP contribution is 2.32. The van der Waals surface area contributed by atoms with Crippen molar-refractivity contribution in [3.63, 3.8) is 0 Å². The summed E-state index contributed by atoms with van der Waals surface area (Å²) >= 11 is 6.00. The quantitative estimate of drug-likeness (QED) is 0.646. The van der Waals surface area contributed by atoms with E-state index >= 15 is 0 Å². The lowest BCUT2D eigenvalue weighted by Crippen LogP contribution is -2.08. The SMILES string of the molecule is CCOC(=O)c1cc(Cl)c2ccoc2c1N. The van der Waals surface area contributed by atoms with Crippen molar-refractivity contribution in [3.8, 4) is 0 Å². The maximum Gasteiger partial charge on any atom is 0.340 e. The average molecular weight is 240 g/mol. The Bertz CT molecular complexity index is 547. The number of nitrogen functional groups attached to an aromatic ring is 1. The van der Waals surface area contributed by atoms with Gasteiger partial charge in [0.05, 0.1) is 29.1 Å². The minimum atomic E-state index is -0.500. The van der Waals surface area contributed by atoms with E-state index in [1.165, 1.54) is 12.3 Å². The van der Waals surface area contributed by atoms with Crippen LogP contribution < -0.4 is 5.73 Å². The van der Waals surface area contributed by atoms with Gasteiger partial charge in [0.15, 0.2) is 5.58 Å². The van der Waals surface area contributed by atoms with Crippen LogP contribution in [0.2, 0.25) is 5.02 Å². The van der Waals surface area contributed by atoms with Crippen molar-refractivity contribution in [2.75, 3.05) is 12.3 Å². The number of nitrogens with two attached hydrogens (primary N) is 1. The van der Waals surface area contributed by atoms with E-state index in [1.54, 1.807) is 13.0 Å². The van der Waals surface area contributed by atoms with Crippen LogP contribution in [-0.4, -0.2) is 12.6 Å². The summed E-state index contributed by atoms with van der Waals surface area (Å²) in [6.07, 6.45) is 1.47. The molecule has 1 aromatic heterocycles. The number of anilines is 1. The standard InChI is InChI=1S/C11H10ClNO3/c1-2-15-11(14)7-5-8(12)6-3-4-16-10(6)9(7)13/h3-5H,2,13H2,1H3. The minimum Gasteiger partial charge on any atom is -0.462 e. The molecule has 0 spiro atoms. The van der Waals surface area contributed by atoms with Crippen LogP contribution in [0.15, 0.2) is 22.8 Å². The van der Waals surface area contributed by atoms with Gasteiger partial charge in [-0.15, -0.1) is 0 Å². The number of ether oxygens (including phenoxy) is 1. The molecule has 0 bridgehead atoms. The predicted molar refractivity (Wildman–Crippen MR) is 61.6 cm³/mol. The van der Waals surface area contributed by atoms with Crippen LogP contribution in [0.3, 0.4) is 0 Å². The van der Waals surface area contributed by atoms with Crippen LogP contribution in [0.25, 0.3) is 11.0 Å². The van der Waals surface area contributed by atoms with Crippen LogP contribution in [0.1, 0.15) is 17.3 Å². The van der Waals surface area contributed by atoms with E-state index in [-0.39, 0.29) is 17.9 Å². The van der Waals surface area contributed by atoms with Crippen LogP contribution in [0, 0.1) is 0 Å². The first-order valence-corrected chi connectivity index (χ1v) is 5.15. The fraction of sp³-hybridized carbons (Fsp3) is 0.182. The van der Waals surface area contributed by atoms with Gasteiger partial charge in [-0.3, -0.25) is 0 Å². The topological polar surface area (TPSA) is 65.5 Å². The second-order valence-electron chi connectivity index (χ2n) is 3.20. The van der Waals surface area contributed by atoms with Crippen LogP contribution in [0.5, 0.6) is 0 Å². The second-order valence-corrected chi connectivity index (χ2v) is 3.61. The molecule has 0 radical (unpaired) electrons. The molecule has 1 heterocycles. The Morgan fingerprint density at radius 1 is 1.62 bits per heavy atom. The number of hydrogen-bond donors (Lipinski definition) is 1. The minimum absolute atomic E-state index is 0.231. The molecule has 2 N–H and O–H groups in total. The smallest absolute Gasteiger partial charge is 0.340 e. The molecule has 2 aromatic rings. The Balaban J connectivity index is 2.62. The van der Waals surface area contributed by atoms with Gasteiger partial charge < -0.3 is 14.9 Å². The molecule has 0 unspecified atom stereocenters. The van der Waals surface area contributed by atoms with Gasteiger partial charge in [-0.25, -0.2) is 4.79 Å². The molecule has 0 saturated heterocycles. The fourth-order valence-electron chi connectivity index (χ4n) is 1.49. The van der Waals surface area contributed by atoms with Gasteiger partial charge in [0, 0.05) is 5.39 Å². The first kappa shape index (κ1) is 10.8. The highest BCUT2D eigenvalue weighted by atomic mass is 35.5. The zero-order chi connectivity index (χ0) is 11.7. The van der Waals surface area contributed by atoms with Crippen molar-refractivity contribution in [1.82, 2.24) is 0 Å². The number of furan rings is 1. The van der Waals surface area contributed by atoms with E-state index in [9.17, 15) is 4.79 Å². The van der Waals surface area contributed by atoms with Crippen LogP contribution in [-0.2, 0) is 4.74 Å². The number of carbonyl (C=O) groups excluding carboxylic acids is 1. The third kappa shape index (κ3) is 1.61. The highest BCUT2D eigenvalue weighted by molar-refractivity contribution is 6.36. The molecule has 0 atom stereocenters. The lowest BCUT2D eigenvalue weighted by Gasteiger charge is -2.06. The lowest BCUT2D eigenvalue weighted by atomic mass is 10.1. The summed E-state index contributed by atoms with van der Waals surface area (Å²) in [5, 5.41) is 1.10. The summed E-state index contributed by atoms with van der Waals surface area (Å²) in [6, 6.07) is 3.19. The van der Waals surface area contributed by atoms with Gasteiger partial charge in [0.2, 0.25) is 0 Å². The van der Waals surface area contributed by atoms with Crippen molar-refractivity contribution in [3.05, 3.63) is 29.0 Å². The Morgan fingerprint density at radius 3 is 3.06 bits per heavy atom. The predicted octanol–water partition coefficient (Wildman–Crippen LogP) is 2.85. The number of halogens is 1. The number of carbonyl (C=O) groups is 1. The molecular formula is C11H10ClNO3. The monoisotopic (exact) mass is 239 g/mol. The molecule has 0 aliphatic heterocycles. The molecule has 0 amide bonds. The molecule has 0 aliphatic carbocycles. The van der Waals surface area contributed by atoms with E-state index in [2.05, 4.69) is 0 Å². The molecule has 84 valence electrons. The average Bonchev–Trinajstić information content (AvgIpc) is 2.73. The highest BCUT2D eigenvalue weighted by Gasteiger charge is 2.17. The van der Waals surface area contributed by atoms with Crippen LogP contribution >= 0.6 is 11.6 Å². The van der Waals surface area contributed by atoms with Crippen molar-refractivity contribution in [2.45, 2.75) is 6.92 Å². The number of hydrogen-bond acceptors (Lipinski definition) is 4. The van der Waals surface area contributed by atoms with Gasteiger partial charge in [0.25, 0.3) is 0 Å². The largest absolute Gasteiger partial charge is 0.462 e. The first-order chi connectivity index (χ1) is 7.65. The summed E-state index contributed by atoms with van der Waals surface area (Å²) in [7, 11) is 0. The molecule has 16 heavy (non-hydrogen) atoms. The molecule has 0 fully saturated rings. The molecule has 0 aliphatic rings. The summed E-state index contributed by atoms with van der Waals surface area (Å²) in [5.41, 5.74) is 6.71. The van der Waals surface area contributed by atoms with E-state index in [1.807, 2.05) is 0 Å². The third-order valence-corrected chi connectivity index (χ3v) is 2.54. The Kier molecular flexibility index (Phi) is 2.75. The second kappa shape index (κ2) is 4.06. The fourth-order valence-corrected chi connectivity index (χ4v) is 1.75. The van der Waals surface area contributed by atoms with Gasteiger partial charge >= 0.3 is 5.97 Å².